The van der Waals surface area contributed by atoms with Crippen molar-refractivity contribution in [3.8, 4) is 0 Å². The normalized spacial score (nSPS) is 15.9. The smallest absolute Gasteiger partial charge is 0.261 e. The van der Waals surface area contributed by atoms with Crippen LogP contribution in [0.2, 0.25) is 0 Å². The minimum absolute atomic E-state index is 0.0531. The minimum Gasteiger partial charge on any atom is -0.360 e. The summed E-state index contributed by atoms with van der Waals surface area (Å²) in [5.74, 6) is 0.574. The van der Waals surface area contributed by atoms with Gasteiger partial charge in [0.05, 0.1) is 5.69 Å². The van der Waals surface area contributed by atoms with Crippen molar-refractivity contribution in [2.75, 3.05) is 10.2 Å². The number of nitrogens with one attached hydrogen (secondary N) is 1. The quantitative estimate of drug-likeness (QED) is 0.532. The fraction of sp³-hybridized carbons (Fsp3) is 0.100. The largest absolute Gasteiger partial charge is 0.360 e. The van der Waals surface area contributed by atoms with Crippen molar-refractivity contribution < 1.29 is 4.79 Å². The van der Waals surface area contributed by atoms with Gasteiger partial charge in [0.2, 0.25) is 0 Å². The van der Waals surface area contributed by atoms with E-state index in [2.05, 4.69) is 42.2 Å². The standard InChI is InChI=1S/C20H15Br2N3O/c1-12-6-9-18(23-11-12)25-19(14-4-2-3-5-15(14)20(25)26)24-17-8-7-13(21)10-16(17)22/h2-11,19,24H,1H3. The maximum atomic E-state index is 13.0. The second-order valence-corrected chi connectivity index (χ2v) is 7.90. The molecule has 2 heterocycles. The summed E-state index contributed by atoms with van der Waals surface area (Å²) in [7, 11) is 0. The lowest BCUT2D eigenvalue weighted by molar-refractivity contribution is 0.0992. The van der Waals surface area contributed by atoms with Crippen LogP contribution in [0.15, 0.2) is 69.7 Å². The van der Waals surface area contributed by atoms with Crippen LogP contribution < -0.4 is 10.2 Å². The van der Waals surface area contributed by atoms with Gasteiger partial charge < -0.3 is 5.32 Å². The maximum Gasteiger partial charge on any atom is 0.261 e. The highest BCUT2D eigenvalue weighted by atomic mass is 79.9. The van der Waals surface area contributed by atoms with E-state index in [0.29, 0.717) is 11.4 Å². The predicted octanol–water partition coefficient (Wildman–Crippen LogP) is 5.69. The predicted molar refractivity (Wildman–Crippen MR) is 110 cm³/mol. The van der Waals surface area contributed by atoms with Gasteiger partial charge in [0, 0.05) is 26.3 Å². The molecule has 1 amide bonds. The molecule has 0 fully saturated rings. The fourth-order valence-corrected chi connectivity index (χ4v) is 4.21. The Balaban J connectivity index is 1.79. The molecule has 1 N–H and O–H groups in total. The Morgan fingerprint density at radius 3 is 2.62 bits per heavy atom. The molecule has 0 aliphatic carbocycles. The van der Waals surface area contributed by atoms with E-state index in [0.717, 1.165) is 25.8 Å². The van der Waals surface area contributed by atoms with Crippen LogP contribution in [0.25, 0.3) is 0 Å². The topological polar surface area (TPSA) is 45.2 Å². The third-order valence-electron chi connectivity index (χ3n) is 4.33. The molecule has 0 saturated carbocycles. The molecule has 4 nitrogen and oxygen atoms in total. The van der Waals surface area contributed by atoms with Gasteiger partial charge in [-0.25, -0.2) is 4.98 Å². The Bertz CT molecular complexity index is 989. The molecule has 1 unspecified atom stereocenters. The van der Waals surface area contributed by atoms with E-state index in [-0.39, 0.29) is 12.1 Å². The first-order valence-electron chi connectivity index (χ1n) is 8.11. The number of pyridine rings is 1. The maximum absolute atomic E-state index is 13.0. The summed E-state index contributed by atoms with van der Waals surface area (Å²) >= 11 is 7.05. The van der Waals surface area contributed by atoms with E-state index in [1.165, 1.54) is 0 Å². The molecule has 3 aromatic rings. The molecule has 26 heavy (non-hydrogen) atoms. The number of aryl methyl sites for hydroxylation is 1. The molecule has 0 spiro atoms. The van der Waals surface area contributed by atoms with Crippen LogP contribution in [-0.4, -0.2) is 10.9 Å². The first-order chi connectivity index (χ1) is 12.5. The van der Waals surface area contributed by atoms with Crippen molar-refractivity contribution in [2.24, 2.45) is 0 Å². The number of anilines is 2. The number of hydrogen-bond donors (Lipinski definition) is 1. The molecular formula is C20H15Br2N3O. The van der Waals surface area contributed by atoms with Gasteiger partial charge in [-0.05, 0) is 58.7 Å². The number of hydrogen-bond acceptors (Lipinski definition) is 3. The van der Waals surface area contributed by atoms with Crippen molar-refractivity contribution in [3.63, 3.8) is 0 Å². The average Bonchev–Trinajstić information content (AvgIpc) is 2.91. The molecule has 1 atom stereocenters. The lowest BCUT2D eigenvalue weighted by Crippen LogP contribution is -2.33. The third kappa shape index (κ3) is 3.04. The van der Waals surface area contributed by atoms with Crippen LogP contribution in [0.5, 0.6) is 0 Å². The second-order valence-electron chi connectivity index (χ2n) is 6.13. The third-order valence-corrected chi connectivity index (χ3v) is 5.48. The Morgan fingerprint density at radius 2 is 1.88 bits per heavy atom. The molecular weight excluding hydrogens is 458 g/mol. The highest BCUT2D eigenvalue weighted by molar-refractivity contribution is 9.11. The van der Waals surface area contributed by atoms with Crippen molar-refractivity contribution in [2.45, 2.75) is 13.1 Å². The number of aromatic nitrogens is 1. The van der Waals surface area contributed by atoms with E-state index in [1.807, 2.05) is 61.5 Å². The van der Waals surface area contributed by atoms with Crippen molar-refractivity contribution >= 4 is 49.3 Å². The van der Waals surface area contributed by atoms with Crippen LogP contribution in [0.4, 0.5) is 11.5 Å². The van der Waals surface area contributed by atoms with E-state index < -0.39 is 0 Å². The molecule has 1 aliphatic rings. The number of rotatable bonds is 3. The van der Waals surface area contributed by atoms with Crippen LogP contribution in [0.3, 0.4) is 0 Å². The number of carbonyl (C=O) groups is 1. The lowest BCUT2D eigenvalue weighted by atomic mass is 10.1. The first kappa shape index (κ1) is 17.2. The lowest BCUT2D eigenvalue weighted by Gasteiger charge is -2.26. The van der Waals surface area contributed by atoms with Crippen LogP contribution in [0, 0.1) is 6.92 Å². The summed E-state index contributed by atoms with van der Waals surface area (Å²) in [5, 5.41) is 3.48. The summed E-state index contributed by atoms with van der Waals surface area (Å²) in [6, 6.07) is 17.4. The van der Waals surface area contributed by atoms with Gasteiger partial charge in [0.25, 0.3) is 5.91 Å². The summed E-state index contributed by atoms with van der Waals surface area (Å²) < 4.78 is 1.90. The van der Waals surface area contributed by atoms with Crippen LogP contribution in [-0.2, 0) is 0 Å². The molecule has 4 rings (SSSR count). The average molecular weight is 473 g/mol. The van der Waals surface area contributed by atoms with Gasteiger partial charge in [0.15, 0.2) is 0 Å². The SMILES string of the molecule is Cc1ccc(N2C(=O)c3ccccc3C2Nc2ccc(Br)cc2Br)nc1. The number of amides is 1. The molecule has 1 aliphatic heterocycles. The van der Waals surface area contributed by atoms with E-state index >= 15 is 0 Å². The summed E-state index contributed by atoms with van der Waals surface area (Å²) in [6.07, 6.45) is 1.45. The van der Waals surface area contributed by atoms with Gasteiger partial charge in [-0.2, -0.15) is 0 Å². The molecule has 0 radical (unpaired) electrons. The minimum atomic E-state index is -0.327. The highest BCUT2D eigenvalue weighted by Gasteiger charge is 2.38. The zero-order valence-corrected chi connectivity index (χ0v) is 17.1. The summed E-state index contributed by atoms with van der Waals surface area (Å²) in [6.45, 7) is 1.98. The van der Waals surface area contributed by atoms with Crippen molar-refractivity contribution in [1.82, 2.24) is 4.98 Å². The van der Waals surface area contributed by atoms with Gasteiger partial charge in [-0.15, -0.1) is 0 Å². The number of benzene rings is 2. The Labute approximate surface area is 168 Å². The molecule has 6 heteroatoms. The zero-order valence-electron chi connectivity index (χ0n) is 13.9. The molecule has 0 bridgehead atoms. The van der Waals surface area contributed by atoms with Crippen LogP contribution >= 0.6 is 31.9 Å². The van der Waals surface area contributed by atoms with Gasteiger partial charge in [-0.1, -0.05) is 40.2 Å². The van der Waals surface area contributed by atoms with E-state index in [1.54, 1.807) is 11.1 Å². The Hall–Kier alpha value is -2.18. The summed E-state index contributed by atoms with van der Waals surface area (Å²) in [4.78, 5) is 19.2. The van der Waals surface area contributed by atoms with Crippen LogP contribution in [0.1, 0.15) is 27.7 Å². The number of carbonyl (C=O) groups excluding carboxylic acids is 1. The van der Waals surface area contributed by atoms with Crippen molar-refractivity contribution in [3.05, 3.63) is 86.4 Å². The van der Waals surface area contributed by atoms with E-state index in [9.17, 15) is 4.79 Å². The molecule has 2 aromatic carbocycles. The highest BCUT2D eigenvalue weighted by Crippen LogP contribution is 2.39. The first-order valence-corrected chi connectivity index (χ1v) is 9.70. The molecule has 0 saturated heterocycles. The van der Waals surface area contributed by atoms with E-state index in [4.69, 9.17) is 0 Å². The number of fused-ring (bicyclic) bond motifs is 1. The summed E-state index contributed by atoms with van der Waals surface area (Å²) in [5.41, 5.74) is 3.59. The number of nitrogens with zero attached hydrogens (tertiary/aromatic N) is 2. The van der Waals surface area contributed by atoms with Gasteiger partial charge in [-0.3, -0.25) is 9.69 Å². The Kier molecular flexibility index (Phi) is 4.54. The van der Waals surface area contributed by atoms with Crippen molar-refractivity contribution in [1.29, 1.82) is 0 Å². The molecule has 130 valence electrons. The fourth-order valence-electron chi connectivity index (χ4n) is 3.05. The zero-order chi connectivity index (χ0) is 18.3. The van der Waals surface area contributed by atoms with Gasteiger partial charge >= 0.3 is 0 Å². The number of halogens is 2. The Morgan fingerprint density at radius 1 is 1.08 bits per heavy atom. The molecule has 1 aromatic heterocycles. The monoisotopic (exact) mass is 471 g/mol. The van der Waals surface area contributed by atoms with Gasteiger partial charge in [0.1, 0.15) is 12.0 Å². The second kappa shape index (κ2) is 6.85.